The number of para-hydroxylation sites is 1. The highest BCUT2D eigenvalue weighted by molar-refractivity contribution is 7.92. The van der Waals surface area contributed by atoms with Crippen LogP contribution in [0.3, 0.4) is 0 Å². The lowest BCUT2D eigenvalue weighted by atomic mass is 9.96. The Hall–Kier alpha value is -3.75. The Balaban J connectivity index is 1.43. The highest BCUT2D eigenvalue weighted by Gasteiger charge is 2.23. The van der Waals surface area contributed by atoms with Gasteiger partial charge in [-0.05, 0) is 67.6 Å². The zero-order chi connectivity index (χ0) is 25.0. The molecule has 0 spiro atoms. The van der Waals surface area contributed by atoms with Crippen molar-refractivity contribution in [3.05, 3.63) is 75.9 Å². The highest BCUT2D eigenvalue weighted by atomic mass is 32.2. The lowest BCUT2D eigenvalue weighted by Gasteiger charge is -2.12. The third kappa shape index (κ3) is 5.50. The number of thiophene rings is 1. The summed E-state index contributed by atoms with van der Waals surface area (Å²) in [6, 6.07) is 12.1. The van der Waals surface area contributed by atoms with Crippen molar-refractivity contribution in [3.8, 4) is 6.07 Å². The second-order valence-electron chi connectivity index (χ2n) is 7.76. The fourth-order valence-corrected chi connectivity index (χ4v) is 6.05. The average molecular weight is 514 g/mol. The van der Waals surface area contributed by atoms with Crippen LogP contribution in [-0.2, 0) is 32.4 Å². The van der Waals surface area contributed by atoms with E-state index in [-0.39, 0.29) is 16.1 Å². The van der Waals surface area contributed by atoms with Crippen LogP contribution in [0.2, 0.25) is 0 Å². The number of fused-ring (bicyclic) bond motifs is 1. The SMILES string of the molecule is N#Cc1c(NC(=O)COC(=O)c2ccccc2NS(=O)(=O)c2ccc(F)cc2)sc2c1CCCC2. The number of carbonyl (C=O) groups is 2. The van der Waals surface area contributed by atoms with Gasteiger partial charge in [-0.2, -0.15) is 5.26 Å². The second kappa shape index (κ2) is 10.2. The predicted molar refractivity (Wildman–Crippen MR) is 128 cm³/mol. The molecule has 35 heavy (non-hydrogen) atoms. The number of halogens is 1. The monoisotopic (exact) mass is 513 g/mol. The van der Waals surface area contributed by atoms with E-state index in [1.165, 1.54) is 35.6 Å². The van der Waals surface area contributed by atoms with E-state index >= 15 is 0 Å². The first-order valence-electron chi connectivity index (χ1n) is 10.7. The van der Waals surface area contributed by atoms with E-state index < -0.39 is 34.3 Å². The number of esters is 1. The number of nitrogens with zero attached hydrogens (tertiary/aromatic N) is 1. The Labute approximate surface area is 205 Å². The summed E-state index contributed by atoms with van der Waals surface area (Å²) in [6.07, 6.45) is 3.69. The molecule has 1 heterocycles. The number of anilines is 2. The Kier molecular flexibility index (Phi) is 7.14. The maximum absolute atomic E-state index is 13.1. The summed E-state index contributed by atoms with van der Waals surface area (Å²) in [6.45, 7) is -0.620. The first-order valence-corrected chi connectivity index (χ1v) is 13.0. The lowest BCUT2D eigenvalue weighted by Crippen LogP contribution is -2.22. The van der Waals surface area contributed by atoms with Crippen LogP contribution in [0.1, 0.15) is 39.2 Å². The van der Waals surface area contributed by atoms with Gasteiger partial charge in [0.05, 0.1) is 21.7 Å². The molecule has 0 atom stereocenters. The number of hydrogen-bond donors (Lipinski definition) is 2. The van der Waals surface area contributed by atoms with Crippen LogP contribution >= 0.6 is 11.3 Å². The van der Waals surface area contributed by atoms with Crippen LogP contribution in [-0.4, -0.2) is 26.9 Å². The van der Waals surface area contributed by atoms with Crippen LogP contribution in [0.25, 0.3) is 0 Å². The van der Waals surface area contributed by atoms with E-state index in [9.17, 15) is 27.7 Å². The quantitative estimate of drug-likeness (QED) is 0.456. The molecule has 3 aromatic rings. The van der Waals surface area contributed by atoms with Crippen LogP contribution in [0.4, 0.5) is 15.1 Å². The van der Waals surface area contributed by atoms with E-state index in [1.807, 2.05) is 0 Å². The number of rotatable bonds is 7. The standard InChI is InChI=1S/C24H20FN3O5S2/c25-15-9-11-16(12-10-15)35(31,32)28-20-7-3-1-6-18(20)24(30)33-14-22(29)27-23-19(13-26)17-5-2-4-8-21(17)34-23/h1,3,6-7,9-12,28H,2,4-5,8,14H2,(H,27,29). The topological polar surface area (TPSA) is 125 Å². The van der Waals surface area contributed by atoms with Crippen LogP contribution < -0.4 is 10.0 Å². The molecule has 1 amide bonds. The summed E-state index contributed by atoms with van der Waals surface area (Å²) in [5.41, 5.74) is 1.26. The zero-order valence-electron chi connectivity index (χ0n) is 18.3. The molecule has 4 rings (SSSR count). The average Bonchev–Trinajstić information content (AvgIpc) is 3.19. The lowest BCUT2D eigenvalue weighted by molar-refractivity contribution is -0.119. The largest absolute Gasteiger partial charge is 0.452 e. The minimum Gasteiger partial charge on any atom is -0.452 e. The predicted octanol–water partition coefficient (Wildman–Crippen LogP) is 4.23. The maximum atomic E-state index is 13.1. The van der Waals surface area contributed by atoms with Crippen molar-refractivity contribution in [3.63, 3.8) is 0 Å². The maximum Gasteiger partial charge on any atom is 0.340 e. The third-order valence-corrected chi connectivity index (χ3v) is 7.97. The molecule has 1 aliphatic carbocycles. The normalized spacial score (nSPS) is 12.8. The summed E-state index contributed by atoms with van der Waals surface area (Å²) in [7, 11) is -4.10. The number of sulfonamides is 1. The highest BCUT2D eigenvalue weighted by Crippen LogP contribution is 2.37. The summed E-state index contributed by atoms with van der Waals surface area (Å²) >= 11 is 1.36. The second-order valence-corrected chi connectivity index (χ2v) is 10.5. The minimum atomic E-state index is -4.10. The van der Waals surface area contributed by atoms with Crippen molar-refractivity contribution < 1.29 is 27.1 Å². The zero-order valence-corrected chi connectivity index (χ0v) is 20.0. The molecule has 0 unspecified atom stereocenters. The van der Waals surface area contributed by atoms with E-state index in [1.54, 1.807) is 0 Å². The molecule has 0 saturated heterocycles. The summed E-state index contributed by atoms with van der Waals surface area (Å²) < 4.78 is 45.8. The Morgan fingerprint density at radius 1 is 1.09 bits per heavy atom. The van der Waals surface area contributed by atoms with Crippen molar-refractivity contribution in [1.29, 1.82) is 5.26 Å². The van der Waals surface area contributed by atoms with Crippen LogP contribution in [0.15, 0.2) is 53.4 Å². The van der Waals surface area contributed by atoms with Gasteiger partial charge in [-0.3, -0.25) is 9.52 Å². The molecule has 1 aliphatic rings. The molecule has 0 bridgehead atoms. The smallest absolute Gasteiger partial charge is 0.340 e. The van der Waals surface area contributed by atoms with Gasteiger partial charge in [0.1, 0.15) is 16.9 Å². The van der Waals surface area contributed by atoms with E-state index in [2.05, 4.69) is 16.1 Å². The first-order chi connectivity index (χ1) is 16.8. The third-order valence-electron chi connectivity index (χ3n) is 5.39. The van der Waals surface area contributed by atoms with Gasteiger partial charge in [0, 0.05) is 4.88 Å². The van der Waals surface area contributed by atoms with Crippen LogP contribution in [0, 0.1) is 17.1 Å². The summed E-state index contributed by atoms with van der Waals surface area (Å²) in [5.74, 6) is -2.11. The molecular weight excluding hydrogens is 493 g/mol. The molecule has 8 nitrogen and oxygen atoms in total. The van der Waals surface area contributed by atoms with Crippen molar-refractivity contribution in [1.82, 2.24) is 0 Å². The molecule has 11 heteroatoms. The minimum absolute atomic E-state index is 0.0556. The number of amides is 1. The van der Waals surface area contributed by atoms with E-state index in [0.717, 1.165) is 60.4 Å². The van der Waals surface area contributed by atoms with Crippen molar-refractivity contribution >= 4 is 43.9 Å². The molecule has 180 valence electrons. The molecule has 0 aliphatic heterocycles. The number of nitriles is 1. The number of benzene rings is 2. The van der Waals surface area contributed by atoms with Crippen molar-refractivity contribution in [2.75, 3.05) is 16.6 Å². The number of nitrogens with one attached hydrogen (secondary N) is 2. The first kappa shape index (κ1) is 24.4. The Morgan fingerprint density at radius 2 is 1.80 bits per heavy atom. The number of hydrogen-bond acceptors (Lipinski definition) is 7. The number of ether oxygens (including phenoxy) is 1. The molecule has 1 aromatic heterocycles. The van der Waals surface area contributed by atoms with Gasteiger partial charge < -0.3 is 10.1 Å². The van der Waals surface area contributed by atoms with Gasteiger partial charge in [0.25, 0.3) is 15.9 Å². The molecular formula is C24H20FN3O5S2. The molecule has 0 radical (unpaired) electrons. The van der Waals surface area contributed by atoms with Gasteiger partial charge in [-0.25, -0.2) is 17.6 Å². The molecule has 2 aromatic carbocycles. The van der Waals surface area contributed by atoms with Gasteiger partial charge in [0.15, 0.2) is 6.61 Å². The Morgan fingerprint density at radius 3 is 2.54 bits per heavy atom. The van der Waals surface area contributed by atoms with Crippen molar-refractivity contribution in [2.45, 2.75) is 30.6 Å². The fraction of sp³-hybridized carbons (Fsp3) is 0.208. The number of carbonyl (C=O) groups excluding carboxylic acids is 2. The fourth-order valence-electron chi connectivity index (χ4n) is 3.71. The van der Waals surface area contributed by atoms with Crippen LogP contribution in [0.5, 0.6) is 0 Å². The summed E-state index contributed by atoms with van der Waals surface area (Å²) in [4.78, 5) is 26.0. The van der Waals surface area contributed by atoms with Gasteiger partial charge in [-0.15, -0.1) is 11.3 Å². The molecule has 0 saturated carbocycles. The molecule has 0 fully saturated rings. The molecule has 2 N–H and O–H groups in total. The van der Waals surface area contributed by atoms with Gasteiger partial charge >= 0.3 is 5.97 Å². The van der Waals surface area contributed by atoms with Gasteiger partial charge in [0.2, 0.25) is 0 Å². The summed E-state index contributed by atoms with van der Waals surface area (Å²) in [5, 5.41) is 12.6. The number of aryl methyl sites for hydroxylation is 1. The van der Waals surface area contributed by atoms with Crippen molar-refractivity contribution in [2.24, 2.45) is 0 Å². The Bertz CT molecular complexity index is 1430. The van der Waals surface area contributed by atoms with E-state index in [0.29, 0.717) is 10.6 Å². The van der Waals surface area contributed by atoms with Gasteiger partial charge in [-0.1, -0.05) is 12.1 Å². The van der Waals surface area contributed by atoms with E-state index in [4.69, 9.17) is 4.74 Å².